The maximum Gasteiger partial charge on any atom is 0.407 e. The first-order valence-electron chi connectivity index (χ1n) is 21.1. The van der Waals surface area contributed by atoms with Crippen molar-refractivity contribution in [3.63, 3.8) is 0 Å². The number of imidazole rings is 1. The van der Waals surface area contributed by atoms with E-state index in [0.29, 0.717) is 18.3 Å². The van der Waals surface area contributed by atoms with Gasteiger partial charge in [0.25, 0.3) is 0 Å². The molecule has 4 fully saturated rings. The smallest absolute Gasteiger partial charge is 0.407 e. The number of nitrogens with one attached hydrogen (secondary N) is 3. The molecule has 2 aromatic carbocycles. The fourth-order valence-corrected chi connectivity index (χ4v) is 9.40. The Morgan fingerprint density at radius 1 is 0.750 bits per heavy atom. The number of hydrogen-bond donors (Lipinski definition) is 3. The van der Waals surface area contributed by atoms with Gasteiger partial charge in [0.2, 0.25) is 11.8 Å². The van der Waals surface area contributed by atoms with Crippen LogP contribution in [0.5, 0.6) is 0 Å². The monoisotopic (exact) mass is 813 g/mol. The van der Waals surface area contributed by atoms with E-state index >= 15 is 0 Å². The van der Waals surface area contributed by atoms with Crippen LogP contribution in [0.4, 0.5) is 9.59 Å². The van der Waals surface area contributed by atoms with Crippen LogP contribution in [0.25, 0.3) is 16.8 Å². The summed E-state index contributed by atoms with van der Waals surface area (Å²) in [7, 11) is 2.61. The second kappa shape index (κ2) is 16.3. The highest BCUT2D eigenvalue weighted by Gasteiger charge is 2.57. The van der Waals surface area contributed by atoms with Crippen molar-refractivity contribution >= 4 is 35.3 Å². The summed E-state index contributed by atoms with van der Waals surface area (Å²) in [6, 6.07) is 11.3. The van der Waals surface area contributed by atoms with Crippen LogP contribution in [0.3, 0.4) is 0 Å². The van der Waals surface area contributed by atoms with E-state index in [1.807, 2.05) is 62.0 Å². The van der Waals surface area contributed by atoms with Gasteiger partial charge in [-0.25, -0.2) is 14.6 Å². The van der Waals surface area contributed by atoms with Crippen molar-refractivity contribution < 1.29 is 28.7 Å². The van der Waals surface area contributed by atoms with Crippen LogP contribution in [0.15, 0.2) is 53.8 Å². The van der Waals surface area contributed by atoms with E-state index in [9.17, 15) is 19.2 Å². The van der Waals surface area contributed by atoms with Gasteiger partial charge < -0.3 is 34.9 Å². The van der Waals surface area contributed by atoms with E-state index in [2.05, 4.69) is 65.6 Å². The van der Waals surface area contributed by atoms with Crippen molar-refractivity contribution in [1.82, 2.24) is 30.4 Å². The number of rotatable bonds is 10. The van der Waals surface area contributed by atoms with Gasteiger partial charge in [0.15, 0.2) is 0 Å². The second-order valence-corrected chi connectivity index (χ2v) is 17.8. The Labute approximate surface area is 351 Å². The van der Waals surface area contributed by atoms with Crippen molar-refractivity contribution in [2.45, 2.75) is 110 Å². The fourth-order valence-electron chi connectivity index (χ4n) is 9.40. The number of aryl methyl sites for hydroxylation is 2. The molecule has 13 heteroatoms. The molecule has 5 aliphatic rings. The van der Waals surface area contributed by atoms with Gasteiger partial charge in [-0.05, 0) is 109 Å². The van der Waals surface area contributed by atoms with Crippen molar-refractivity contribution in [3.8, 4) is 23.1 Å². The molecule has 0 radical (unpaired) electrons. The Bertz CT molecular complexity index is 2350. The molecule has 314 valence electrons. The summed E-state index contributed by atoms with van der Waals surface area (Å²) in [5.74, 6) is 8.10. The molecule has 3 aromatic rings. The van der Waals surface area contributed by atoms with E-state index in [1.54, 1.807) is 0 Å². The molecule has 0 unspecified atom stereocenters. The lowest BCUT2D eigenvalue weighted by molar-refractivity contribution is -0.137. The van der Waals surface area contributed by atoms with Crippen molar-refractivity contribution in [1.29, 1.82) is 0 Å². The molecule has 13 nitrogen and oxygen atoms in total. The van der Waals surface area contributed by atoms with E-state index < -0.39 is 24.3 Å². The molecule has 0 bridgehead atoms. The van der Waals surface area contributed by atoms with Crippen LogP contribution < -0.4 is 10.6 Å². The maximum absolute atomic E-state index is 13.8. The SMILES string of the molecule is COC(=O)N[C@H](C(=O)N1[C@@H]2C[C@@H]2C[C@H]1C1=NC=C(c2ccc(C#Cc3ccc(-c4cnc([C@@H]5C[C@H]6C[C@H]6N5C(=O)[C@@H](NC(=O)OC)C(C)C)[nH]4)cc3C)c(C)c2)C1)C(C)C. The number of benzene rings is 2. The number of likely N-dealkylation sites (tertiary alicyclic amines) is 2. The Kier molecular flexibility index (Phi) is 11.1. The van der Waals surface area contributed by atoms with Gasteiger partial charge in [0.1, 0.15) is 17.9 Å². The normalized spacial score (nSPS) is 24.4. The summed E-state index contributed by atoms with van der Waals surface area (Å²) in [5, 5.41) is 5.50. The molecule has 4 amide bonds. The number of H-pyrrole nitrogens is 1. The lowest BCUT2D eigenvalue weighted by atomic mass is 9.94. The summed E-state index contributed by atoms with van der Waals surface area (Å²) >= 11 is 0. The lowest BCUT2D eigenvalue weighted by Crippen LogP contribution is -2.54. The number of aromatic nitrogens is 2. The average molecular weight is 814 g/mol. The van der Waals surface area contributed by atoms with Crippen LogP contribution in [0, 0.1) is 49.4 Å². The average Bonchev–Trinajstić information content (AvgIpc) is 3.81. The fraction of sp³-hybridized carbons (Fsp3) is 0.489. The molecule has 8 atom stereocenters. The van der Waals surface area contributed by atoms with E-state index in [0.717, 1.165) is 81.9 Å². The highest BCUT2D eigenvalue weighted by molar-refractivity contribution is 6.04. The minimum absolute atomic E-state index is 0.0643. The summed E-state index contributed by atoms with van der Waals surface area (Å²) in [4.78, 5) is 68.8. The Balaban J connectivity index is 0.912. The largest absolute Gasteiger partial charge is 0.453 e. The third-order valence-electron chi connectivity index (χ3n) is 13.0. The maximum atomic E-state index is 13.8. The molecule has 1 aromatic heterocycles. The number of fused-ring (bicyclic) bond motifs is 2. The first kappa shape index (κ1) is 40.9. The standard InChI is InChI=1S/C47H55N7O6/c1-24(2)41(51-46(57)59-7)44(55)53-37-18-32(37)20-39(53)35-17-34(22-48-35)30-13-11-28(26(5)15-30)9-10-29-12-14-31(16-27(29)6)36-23-49-43(50-36)40-21-33-19-38(33)54(40)45(56)42(25(3)4)52-47(58)60-8/h11-16,22-25,32-33,37-42H,17-21H2,1-8H3,(H,49,50)(H,51,57)(H,52,58)/t32-,33-,37-,38-,39+,40+,41+,42+/m1/s1. The molecular weight excluding hydrogens is 759 g/mol. The van der Waals surface area contributed by atoms with Crippen LogP contribution in [0.1, 0.15) is 99.5 Å². The van der Waals surface area contributed by atoms with Crippen LogP contribution >= 0.6 is 0 Å². The molecule has 2 aliphatic carbocycles. The van der Waals surface area contributed by atoms with Crippen LogP contribution in [-0.2, 0) is 19.1 Å². The molecule has 60 heavy (non-hydrogen) atoms. The third kappa shape index (κ3) is 7.92. The van der Waals surface area contributed by atoms with Gasteiger partial charge in [0, 0.05) is 41.5 Å². The molecule has 4 heterocycles. The topological polar surface area (TPSA) is 158 Å². The van der Waals surface area contributed by atoms with Gasteiger partial charge in [-0.15, -0.1) is 0 Å². The summed E-state index contributed by atoms with van der Waals surface area (Å²) < 4.78 is 9.61. The number of alkyl carbamates (subject to hydrolysis) is 2. The molecule has 0 spiro atoms. The quantitative estimate of drug-likeness (QED) is 0.193. The minimum atomic E-state index is -0.679. The van der Waals surface area contributed by atoms with Gasteiger partial charge in [0.05, 0.1) is 38.2 Å². The molecule has 3 N–H and O–H groups in total. The predicted molar refractivity (Wildman–Crippen MR) is 228 cm³/mol. The van der Waals surface area contributed by atoms with Gasteiger partial charge in [-0.2, -0.15) is 0 Å². The second-order valence-electron chi connectivity index (χ2n) is 17.8. The highest BCUT2D eigenvalue weighted by atomic mass is 16.5. The lowest BCUT2D eigenvalue weighted by Gasteiger charge is -2.33. The number of ether oxygens (including phenoxy) is 2. The number of nitrogens with zero attached hydrogens (tertiary/aromatic N) is 4. The first-order chi connectivity index (χ1) is 28.8. The highest BCUT2D eigenvalue weighted by Crippen LogP contribution is 2.53. The number of carbonyl (C=O) groups is 4. The zero-order valence-electron chi connectivity index (χ0n) is 35.7. The van der Waals surface area contributed by atoms with Gasteiger partial charge in [-0.1, -0.05) is 57.7 Å². The molecular formula is C47H55N7O6. The first-order valence-corrected chi connectivity index (χ1v) is 21.1. The van der Waals surface area contributed by atoms with Crippen LogP contribution in [-0.4, -0.2) is 93.9 Å². The van der Waals surface area contributed by atoms with E-state index in [1.165, 1.54) is 14.2 Å². The number of methoxy groups -OCH3 is 2. The van der Waals surface area contributed by atoms with Crippen molar-refractivity contribution in [3.05, 3.63) is 82.4 Å². The number of aromatic amines is 1. The summed E-state index contributed by atoms with van der Waals surface area (Å²) in [6.07, 6.45) is 6.93. The van der Waals surface area contributed by atoms with E-state index in [4.69, 9.17) is 19.5 Å². The molecule has 8 rings (SSSR count). The Morgan fingerprint density at radius 2 is 1.27 bits per heavy atom. The zero-order valence-corrected chi connectivity index (χ0v) is 35.7. The number of piperidine rings is 2. The van der Waals surface area contributed by atoms with Crippen molar-refractivity contribution in [2.75, 3.05) is 14.2 Å². The van der Waals surface area contributed by atoms with Crippen LogP contribution in [0.2, 0.25) is 0 Å². The van der Waals surface area contributed by atoms with E-state index in [-0.39, 0.29) is 47.8 Å². The number of hydrogen-bond acceptors (Lipinski definition) is 8. The Hall–Kier alpha value is -5.90. The van der Waals surface area contributed by atoms with Gasteiger partial charge >= 0.3 is 12.2 Å². The number of aliphatic imine (C=N–C) groups is 1. The Morgan fingerprint density at radius 3 is 1.80 bits per heavy atom. The molecule has 2 saturated carbocycles. The number of amides is 4. The zero-order chi connectivity index (χ0) is 42.6. The number of carbonyl (C=O) groups excluding carboxylic acids is 4. The molecule has 3 aliphatic heterocycles. The third-order valence-corrected chi connectivity index (χ3v) is 13.0. The minimum Gasteiger partial charge on any atom is -0.453 e. The summed E-state index contributed by atoms with van der Waals surface area (Å²) in [6.45, 7) is 11.8. The van der Waals surface area contributed by atoms with Crippen molar-refractivity contribution in [2.24, 2.45) is 28.7 Å². The molecule has 2 saturated heterocycles. The van der Waals surface area contributed by atoms with Gasteiger partial charge in [-0.3, -0.25) is 14.6 Å². The predicted octanol–water partition coefficient (Wildman–Crippen LogP) is 6.69. The summed E-state index contributed by atoms with van der Waals surface area (Å²) in [5.41, 5.74) is 9.03. The number of allylic oxidation sites excluding steroid dienone is 1.